The van der Waals surface area contributed by atoms with E-state index >= 15 is 0 Å². The summed E-state index contributed by atoms with van der Waals surface area (Å²) in [6.45, 7) is 0.885. The molecular weight excluding hydrogens is 448 g/mol. The SMILES string of the molecule is COc1cc2cc(c1OC)CCCNC(=O)C[C@@H]1CC[C@H](CNC(=O)CC2)N1C(=O)c1ccc[nH]1. The maximum absolute atomic E-state index is 13.2. The molecule has 4 bridgehead atoms. The minimum atomic E-state index is -0.206. The molecule has 0 saturated carbocycles. The second kappa shape index (κ2) is 11.3. The van der Waals surface area contributed by atoms with E-state index in [1.54, 1.807) is 37.4 Å². The van der Waals surface area contributed by atoms with Crippen LogP contribution in [-0.4, -0.2) is 67.0 Å². The number of aromatic nitrogens is 1. The van der Waals surface area contributed by atoms with Crippen LogP contribution in [0.5, 0.6) is 11.5 Å². The summed E-state index contributed by atoms with van der Waals surface area (Å²) in [5.41, 5.74) is 2.47. The molecule has 2 aliphatic heterocycles. The lowest BCUT2D eigenvalue weighted by molar-refractivity contribution is -0.123. The van der Waals surface area contributed by atoms with E-state index in [4.69, 9.17) is 9.47 Å². The third kappa shape index (κ3) is 5.78. The molecule has 1 saturated heterocycles. The summed E-state index contributed by atoms with van der Waals surface area (Å²) in [5.74, 6) is 1.03. The third-order valence-electron chi connectivity index (χ3n) is 6.84. The molecule has 4 rings (SSSR count). The van der Waals surface area contributed by atoms with Crippen LogP contribution in [-0.2, 0) is 22.4 Å². The van der Waals surface area contributed by atoms with Crippen LogP contribution in [0.4, 0.5) is 0 Å². The molecule has 0 radical (unpaired) electrons. The van der Waals surface area contributed by atoms with Crippen molar-refractivity contribution in [3.8, 4) is 11.5 Å². The van der Waals surface area contributed by atoms with Gasteiger partial charge in [-0.2, -0.15) is 0 Å². The molecule has 9 nitrogen and oxygen atoms in total. The number of amides is 3. The molecule has 0 spiro atoms. The number of H-pyrrole nitrogens is 1. The van der Waals surface area contributed by atoms with Crippen LogP contribution in [0.2, 0.25) is 0 Å². The first kappa shape index (κ1) is 24.6. The van der Waals surface area contributed by atoms with E-state index in [2.05, 4.69) is 15.6 Å². The Morgan fingerprint density at radius 2 is 1.83 bits per heavy atom. The van der Waals surface area contributed by atoms with Crippen LogP contribution in [0.3, 0.4) is 0 Å². The monoisotopic (exact) mass is 482 g/mol. The number of aryl methyl sites for hydroxylation is 2. The zero-order valence-electron chi connectivity index (χ0n) is 20.4. The third-order valence-corrected chi connectivity index (χ3v) is 6.84. The average molecular weight is 483 g/mol. The minimum absolute atomic E-state index is 0.0703. The van der Waals surface area contributed by atoms with Crippen LogP contribution in [0, 0.1) is 0 Å². The summed E-state index contributed by atoms with van der Waals surface area (Å²) < 4.78 is 11.1. The molecule has 0 unspecified atom stereocenters. The first-order valence-corrected chi connectivity index (χ1v) is 12.2. The molecule has 2 aromatic rings. The molecule has 1 fully saturated rings. The lowest BCUT2D eigenvalue weighted by atomic mass is 10.0. The van der Waals surface area contributed by atoms with Gasteiger partial charge in [0.05, 0.1) is 14.2 Å². The van der Waals surface area contributed by atoms with Gasteiger partial charge < -0.3 is 30.0 Å². The Hall–Kier alpha value is -3.49. The number of benzene rings is 1. The van der Waals surface area contributed by atoms with Crippen molar-refractivity contribution in [3.63, 3.8) is 0 Å². The fraction of sp³-hybridized carbons (Fsp3) is 0.500. The fourth-order valence-corrected chi connectivity index (χ4v) is 5.10. The van der Waals surface area contributed by atoms with E-state index < -0.39 is 0 Å². The normalized spacial score (nSPS) is 21.6. The van der Waals surface area contributed by atoms with Gasteiger partial charge in [-0.25, -0.2) is 0 Å². The molecule has 2 atom stereocenters. The number of carbonyl (C=O) groups excluding carboxylic acids is 3. The van der Waals surface area contributed by atoms with Gasteiger partial charge in [-0.3, -0.25) is 14.4 Å². The van der Waals surface area contributed by atoms with Crippen molar-refractivity contribution >= 4 is 17.7 Å². The first-order chi connectivity index (χ1) is 17.0. The number of carbonyl (C=O) groups is 3. The van der Waals surface area contributed by atoms with Gasteiger partial charge in [0.15, 0.2) is 11.5 Å². The van der Waals surface area contributed by atoms with E-state index in [9.17, 15) is 14.4 Å². The number of ether oxygens (including phenoxy) is 2. The largest absolute Gasteiger partial charge is 0.493 e. The molecule has 0 aliphatic carbocycles. The van der Waals surface area contributed by atoms with E-state index in [-0.39, 0.29) is 36.2 Å². The van der Waals surface area contributed by atoms with E-state index in [0.29, 0.717) is 49.5 Å². The molecule has 188 valence electrons. The Labute approximate surface area is 205 Å². The van der Waals surface area contributed by atoms with Crippen molar-refractivity contribution in [3.05, 3.63) is 47.3 Å². The standard InChI is InChI=1S/C26H34N4O5/c1-34-22-14-17-7-10-23(31)29-16-20-9-8-19(30(20)26(33)21-6-4-11-27-21)15-24(32)28-12-3-5-18(13-17)25(22)35-2/h4,6,11,13-14,19-20,27H,3,5,7-10,12,15-16H2,1-2H3,(H,28,32)(H,29,31)/t19-,20+/m0/s1. The van der Waals surface area contributed by atoms with Gasteiger partial charge in [-0.1, -0.05) is 6.07 Å². The number of aromatic amines is 1. The van der Waals surface area contributed by atoms with Crippen molar-refractivity contribution in [1.29, 1.82) is 0 Å². The highest BCUT2D eigenvalue weighted by molar-refractivity contribution is 5.93. The quantitative estimate of drug-likeness (QED) is 0.621. The van der Waals surface area contributed by atoms with E-state index in [0.717, 1.165) is 30.4 Å². The highest BCUT2D eigenvalue weighted by Gasteiger charge is 2.38. The second-order valence-corrected chi connectivity index (χ2v) is 9.13. The number of rotatable bonds is 3. The predicted octanol–water partition coefficient (Wildman–Crippen LogP) is 2.21. The lowest BCUT2D eigenvalue weighted by Crippen LogP contribution is -2.48. The number of fused-ring (bicyclic) bond motifs is 4. The predicted molar refractivity (Wildman–Crippen MR) is 131 cm³/mol. The summed E-state index contributed by atoms with van der Waals surface area (Å²) in [7, 11) is 3.21. The first-order valence-electron chi connectivity index (χ1n) is 12.2. The molecule has 35 heavy (non-hydrogen) atoms. The van der Waals surface area contributed by atoms with Gasteiger partial charge in [0.2, 0.25) is 11.8 Å². The van der Waals surface area contributed by atoms with E-state index in [1.807, 2.05) is 12.1 Å². The number of hydrogen-bond donors (Lipinski definition) is 3. The van der Waals surface area contributed by atoms with Crippen LogP contribution in [0.25, 0.3) is 0 Å². The molecule has 1 aromatic heterocycles. The van der Waals surface area contributed by atoms with Gasteiger partial charge in [0, 0.05) is 44.2 Å². The highest BCUT2D eigenvalue weighted by Crippen LogP contribution is 2.34. The Balaban J connectivity index is 1.54. The van der Waals surface area contributed by atoms with Crippen molar-refractivity contribution in [2.24, 2.45) is 0 Å². The van der Waals surface area contributed by atoms with Gasteiger partial charge >= 0.3 is 0 Å². The molecule has 3 heterocycles. The van der Waals surface area contributed by atoms with E-state index in [1.165, 1.54) is 0 Å². The summed E-state index contributed by atoms with van der Waals surface area (Å²) in [6, 6.07) is 7.11. The lowest BCUT2D eigenvalue weighted by Gasteiger charge is -2.30. The second-order valence-electron chi connectivity index (χ2n) is 9.13. The molecular formula is C26H34N4O5. The van der Waals surface area contributed by atoms with Crippen LogP contribution in [0.1, 0.15) is 53.7 Å². The maximum Gasteiger partial charge on any atom is 0.270 e. The zero-order chi connectivity index (χ0) is 24.8. The summed E-state index contributed by atoms with van der Waals surface area (Å²) in [5, 5.41) is 6.01. The van der Waals surface area contributed by atoms with Crippen molar-refractivity contribution in [1.82, 2.24) is 20.5 Å². The maximum atomic E-state index is 13.2. The van der Waals surface area contributed by atoms with Crippen LogP contribution < -0.4 is 20.1 Å². The highest BCUT2D eigenvalue weighted by atomic mass is 16.5. The smallest absolute Gasteiger partial charge is 0.270 e. The van der Waals surface area contributed by atoms with Gasteiger partial charge in [-0.05, 0) is 61.4 Å². The van der Waals surface area contributed by atoms with Gasteiger partial charge in [0.1, 0.15) is 5.69 Å². The Kier molecular flexibility index (Phi) is 7.94. The number of nitrogens with one attached hydrogen (secondary N) is 3. The van der Waals surface area contributed by atoms with Crippen molar-refractivity contribution in [2.75, 3.05) is 27.3 Å². The van der Waals surface area contributed by atoms with Crippen LogP contribution >= 0.6 is 0 Å². The zero-order valence-corrected chi connectivity index (χ0v) is 20.4. The Bertz CT molecular complexity index is 1050. The summed E-state index contributed by atoms with van der Waals surface area (Å²) in [6.07, 6.45) is 5.73. The molecule has 3 amide bonds. The molecule has 3 N–H and O–H groups in total. The topological polar surface area (TPSA) is 113 Å². The van der Waals surface area contributed by atoms with Crippen molar-refractivity contribution < 1.29 is 23.9 Å². The summed E-state index contributed by atoms with van der Waals surface area (Å²) in [4.78, 5) is 43.4. The van der Waals surface area contributed by atoms with Gasteiger partial charge in [0.25, 0.3) is 5.91 Å². The Morgan fingerprint density at radius 1 is 1.00 bits per heavy atom. The molecule has 2 aliphatic rings. The van der Waals surface area contributed by atoms with Crippen molar-refractivity contribution in [2.45, 2.75) is 57.0 Å². The van der Waals surface area contributed by atoms with Gasteiger partial charge in [-0.15, -0.1) is 0 Å². The number of hydrogen-bond acceptors (Lipinski definition) is 5. The number of nitrogens with zero attached hydrogens (tertiary/aromatic N) is 1. The molecule has 1 aromatic carbocycles. The summed E-state index contributed by atoms with van der Waals surface area (Å²) >= 11 is 0. The number of methoxy groups -OCH3 is 2. The molecule has 9 heteroatoms. The fourth-order valence-electron chi connectivity index (χ4n) is 5.10. The Morgan fingerprint density at radius 3 is 2.57 bits per heavy atom. The average Bonchev–Trinajstić information content (AvgIpc) is 3.53. The van der Waals surface area contributed by atoms with Crippen LogP contribution in [0.15, 0.2) is 30.5 Å². The minimum Gasteiger partial charge on any atom is -0.493 e.